The van der Waals surface area contributed by atoms with E-state index in [4.69, 9.17) is 4.74 Å². The van der Waals surface area contributed by atoms with Crippen LogP contribution in [0.25, 0.3) is 0 Å². The third kappa shape index (κ3) is 2.95. The van der Waals surface area contributed by atoms with Crippen LogP contribution in [0.3, 0.4) is 0 Å². The van der Waals surface area contributed by atoms with Crippen LogP contribution in [-0.2, 0) is 9.53 Å². The summed E-state index contributed by atoms with van der Waals surface area (Å²) in [5.41, 5.74) is -0.690. The summed E-state index contributed by atoms with van der Waals surface area (Å²) < 4.78 is 5.30. The van der Waals surface area contributed by atoms with Crippen molar-refractivity contribution in [3.05, 3.63) is 0 Å². The van der Waals surface area contributed by atoms with Crippen molar-refractivity contribution in [2.75, 3.05) is 20.2 Å². The molecule has 1 amide bonds. The first kappa shape index (κ1) is 13.5. The summed E-state index contributed by atoms with van der Waals surface area (Å²) in [7, 11) is 1.59. The number of carbonyl (C=O) groups is 1. The Labute approximate surface area is 98.1 Å². The molecule has 0 aromatic carbocycles. The Hall–Kier alpha value is -0.610. The van der Waals surface area contributed by atoms with Crippen LogP contribution in [-0.4, -0.2) is 37.7 Å². The van der Waals surface area contributed by atoms with Crippen LogP contribution in [0.5, 0.6) is 0 Å². The number of rotatable bonds is 4. The molecule has 94 valence electrons. The average Bonchev–Trinajstić information content (AvgIpc) is 2.31. The van der Waals surface area contributed by atoms with Gasteiger partial charge in [-0.25, -0.2) is 0 Å². The molecule has 1 heterocycles. The van der Waals surface area contributed by atoms with Crippen molar-refractivity contribution in [1.82, 2.24) is 10.6 Å². The number of hydrogen-bond donors (Lipinski definition) is 2. The molecule has 0 spiro atoms. The minimum absolute atomic E-state index is 0.0104. The van der Waals surface area contributed by atoms with Crippen molar-refractivity contribution in [3.8, 4) is 0 Å². The van der Waals surface area contributed by atoms with Gasteiger partial charge in [-0.05, 0) is 38.8 Å². The van der Waals surface area contributed by atoms with Crippen LogP contribution < -0.4 is 10.6 Å². The second kappa shape index (κ2) is 5.64. The van der Waals surface area contributed by atoms with Gasteiger partial charge in [-0.2, -0.15) is 0 Å². The molecule has 0 aromatic rings. The van der Waals surface area contributed by atoms with E-state index in [1.807, 2.05) is 13.8 Å². The van der Waals surface area contributed by atoms with E-state index in [0.717, 1.165) is 19.5 Å². The highest BCUT2D eigenvalue weighted by molar-refractivity contribution is 5.85. The summed E-state index contributed by atoms with van der Waals surface area (Å²) >= 11 is 0. The number of carbonyl (C=O) groups excluding carboxylic acids is 1. The summed E-state index contributed by atoms with van der Waals surface area (Å²) in [6, 6.07) is 0.273. The summed E-state index contributed by atoms with van der Waals surface area (Å²) in [4.78, 5) is 12.1. The molecule has 3 atom stereocenters. The Kier molecular flexibility index (Phi) is 4.74. The lowest BCUT2D eigenvalue weighted by atomic mass is 9.93. The van der Waals surface area contributed by atoms with Gasteiger partial charge in [0.1, 0.15) is 5.60 Å². The van der Waals surface area contributed by atoms with Crippen molar-refractivity contribution in [3.63, 3.8) is 0 Å². The molecule has 4 nitrogen and oxygen atoms in total. The molecule has 0 aromatic heterocycles. The fraction of sp³-hybridized carbons (Fsp3) is 0.917. The van der Waals surface area contributed by atoms with Gasteiger partial charge in [0.05, 0.1) is 0 Å². The Morgan fingerprint density at radius 1 is 1.62 bits per heavy atom. The van der Waals surface area contributed by atoms with Gasteiger partial charge in [0.15, 0.2) is 0 Å². The van der Waals surface area contributed by atoms with E-state index in [1.165, 1.54) is 0 Å². The zero-order chi connectivity index (χ0) is 12.2. The normalized spacial score (nSPS) is 29.5. The van der Waals surface area contributed by atoms with E-state index in [0.29, 0.717) is 12.3 Å². The lowest BCUT2D eigenvalue weighted by Crippen LogP contribution is -2.54. The van der Waals surface area contributed by atoms with Gasteiger partial charge in [0, 0.05) is 13.2 Å². The third-order valence-corrected chi connectivity index (χ3v) is 3.71. The first-order valence-corrected chi connectivity index (χ1v) is 6.10. The molecule has 1 rings (SSSR count). The lowest BCUT2D eigenvalue weighted by Gasteiger charge is -2.34. The van der Waals surface area contributed by atoms with E-state index in [2.05, 4.69) is 17.6 Å². The predicted octanol–water partition coefficient (Wildman–Crippen LogP) is 0.916. The average molecular weight is 228 g/mol. The highest BCUT2D eigenvalue weighted by Gasteiger charge is 2.33. The van der Waals surface area contributed by atoms with Crippen molar-refractivity contribution in [1.29, 1.82) is 0 Å². The van der Waals surface area contributed by atoms with E-state index in [-0.39, 0.29) is 11.9 Å². The quantitative estimate of drug-likeness (QED) is 0.752. The fourth-order valence-electron chi connectivity index (χ4n) is 1.95. The first-order valence-electron chi connectivity index (χ1n) is 6.10. The van der Waals surface area contributed by atoms with Crippen molar-refractivity contribution < 1.29 is 9.53 Å². The second-order valence-corrected chi connectivity index (χ2v) is 4.84. The number of nitrogens with one attached hydrogen (secondary N) is 2. The molecule has 1 aliphatic heterocycles. The van der Waals surface area contributed by atoms with Crippen LogP contribution in [0.2, 0.25) is 0 Å². The molecule has 0 aliphatic carbocycles. The number of ether oxygens (including phenoxy) is 1. The van der Waals surface area contributed by atoms with Crippen LogP contribution in [0, 0.1) is 5.92 Å². The Morgan fingerprint density at radius 2 is 2.31 bits per heavy atom. The molecule has 3 unspecified atom stereocenters. The van der Waals surface area contributed by atoms with Gasteiger partial charge < -0.3 is 15.4 Å². The molecule has 1 aliphatic rings. The van der Waals surface area contributed by atoms with E-state index >= 15 is 0 Å². The van der Waals surface area contributed by atoms with Gasteiger partial charge in [0.2, 0.25) is 0 Å². The maximum absolute atomic E-state index is 12.1. The molecule has 16 heavy (non-hydrogen) atoms. The van der Waals surface area contributed by atoms with Crippen molar-refractivity contribution >= 4 is 5.91 Å². The van der Waals surface area contributed by atoms with Crippen LogP contribution in [0.1, 0.15) is 33.6 Å². The monoisotopic (exact) mass is 228 g/mol. The molecular formula is C12H24N2O2. The molecule has 1 saturated heterocycles. The zero-order valence-corrected chi connectivity index (χ0v) is 10.8. The van der Waals surface area contributed by atoms with Gasteiger partial charge in [0.25, 0.3) is 5.91 Å². The minimum atomic E-state index is -0.690. The van der Waals surface area contributed by atoms with E-state index in [1.54, 1.807) is 7.11 Å². The molecule has 0 radical (unpaired) electrons. The van der Waals surface area contributed by atoms with E-state index < -0.39 is 5.60 Å². The maximum Gasteiger partial charge on any atom is 0.252 e. The number of amides is 1. The number of hydrogen-bond acceptors (Lipinski definition) is 3. The first-order chi connectivity index (χ1) is 7.53. The minimum Gasteiger partial charge on any atom is -0.369 e. The Bertz CT molecular complexity index is 239. The zero-order valence-electron chi connectivity index (χ0n) is 10.8. The summed E-state index contributed by atoms with van der Waals surface area (Å²) in [6.07, 6.45) is 1.69. The van der Waals surface area contributed by atoms with Crippen LogP contribution in [0.4, 0.5) is 0 Å². The topological polar surface area (TPSA) is 50.4 Å². The Morgan fingerprint density at radius 3 is 2.81 bits per heavy atom. The fourth-order valence-corrected chi connectivity index (χ4v) is 1.95. The highest BCUT2D eigenvalue weighted by atomic mass is 16.5. The molecule has 2 N–H and O–H groups in total. The molecule has 0 saturated carbocycles. The van der Waals surface area contributed by atoms with Crippen LogP contribution >= 0.6 is 0 Å². The second-order valence-electron chi connectivity index (χ2n) is 4.84. The standard InChI is InChI=1S/C12H24N2O2/c1-5-12(3,16-4)11(15)14-10-6-7-13-8-9(10)2/h9-10,13H,5-8H2,1-4H3,(H,14,15). The molecule has 1 fully saturated rings. The smallest absolute Gasteiger partial charge is 0.252 e. The highest BCUT2D eigenvalue weighted by Crippen LogP contribution is 2.17. The SMILES string of the molecule is CCC(C)(OC)C(=O)NC1CCNCC1C. The summed E-state index contributed by atoms with van der Waals surface area (Å²) in [6.45, 7) is 7.92. The largest absolute Gasteiger partial charge is 0.369 e. The van der Waals surface area contributed by atoms with Gasteiger partial charge >= 0.3 is 0 Å². The van der Waals surface area contributed by atoms with Crippen LogP contribution in [0.15, 0.2) is 0 Å². The number of piperidine rings is 1. The maximum atomic E-state index is 12.1. The lowest BCUT2D eigenvalue weighted by molar-refractivity contribution is -0.143. The van der Waals surface area contributed by atoms with Crippen molar-refractivity contribution in [2.24, 2.45) is 5.92 Å². The predicted molar refractivity (Wildman–Crippen MR) is 64.3 cm³/mol. The number of methoxy groups -OCH3 is 1. The molecule has 4 heteroatoms. The Balaban J connectivity index is 2.55. The summed E-state index contributed by atoms with van der Waals surface area (Å²) in [5.74, 6) is 0.493. The molecule has 0 bridgehead atoms. The molecular weight excluding hydrogens is 204 g/mol. The van der Waals surface area contributed by atoms with Crippen molar-refractivity contribution in [2.45, 2.75) is 45.3 Å². The summed E-state index contributed by atoms with van der Waals surface area (Å²) in [5, 5.41) is 6.43. The third-order valence-electron chi connectivity index (χ3n) is 3.71. The van der Waals surface area contributed by atoms with E-state index in [9.17, 15) is 4.79 Å². The van der Waals surface area contributed by atoms with Gasteiger partial charge in [-0.3, -0.25) is 4.79 Å². The van der Waals surface area contributed by atoms with Gasteiger partial charge in [-0.1, -0.05) is 13.8 Å². The van der Waals surface area contributed by atoms with Gasteiger partial charge in [-0.15, -0.1) is 0 Å².